The fraction of sp³-hybridized carbons (Fsp3) is 0.400. The number of primary amides is 1. The van der Waals surface area contributed by atoms with Gasteiger partial charge in [0.05, 0.1) is 0 Å². The molecule has 0 aliphatic carbocycles. The summed E-state index contributed by atoms with van der Waals surface area (Å²) in [6, 6.07) is 3.32. The standard InChI is InChI=1S/C10H15N3O2S/c1-2-16(15)6-5-12-8-3-4-13-9(7-8)10(11)14/h3-4,7H,2,5-6H2,1H3,(H2,11,14)(H,12,13). The second-order valence-electron chi connectivity index (χ2n) is 3.15. The van der Waals surface area contributed by atoms with Crippen LogP contribution in [0.15, 0.2) is 18.3 Å². The Morgan fingerprint density at radius 3 is 3.00 bits per heavy atom. The Morgan fingerprint density at radius 1 is 1.62 bits per heavy atom. The first-order valence-corrected chi connectivity index (χ1v) is 6.47. The van der Waals surface area contributed by atoms with E-state index in [-0.39, 0.29) is 5.69 Å². The minimum absolute atomic E-state index is 0.224. The van der Waals surface area contributed by atoms with Crippen molar-refractivity contribution in [2.24, 2.45) is 5.73 Å². The van der Waals surface area contributed by atoms with Gasteiger partial charge in [0.15, 0.2) is 0 Å². The maximum Gasteiger partial charge on any atom is 0.267 e. The van der Waals surface area contributed by atoms with Crippen LogP contribution in [-0.2, 0) is 10.8 Å². The second-order valence-corrected chi connectivity index (χ2v) is 5.02. The molecule has 0 radical (unpaired) electrons. The summed E-state index contributed by atoms with van der Waals surface area (Å²) < 4.78 is 11.2. The molecule has 5 nitrogen and oxygen atoms in total. The van der Waals surface area contributed by atoms with E-state index >= 15 is 0 Å². The van der Waals surface area contributed by atoms with Crippen LogP contribution in [0.3, 0.4) is 0 Å². The lowest BCUT2D eigenvalue weighted by Gasteiger charge is -2.06. The molecule has 6 heteroatoms. The molecule has 88 valence electrons. The van der Waals surface area contributed by atoms with Crippen molar-refractivity contribution in [1.82, 2.24) is 4.98 Å². The summed E-state index contributed by atoms with van der Waals surface area (Å²) in [5.41, 5.74) is 6.09. The third-order valence-electron chi connectivity index (χ3n) is 1.99. The fourth-order valence-corrected chi connectivity index (χ4v) is 1.75. The molecule has 3 N–H and O–H groups in total. The number of carbonyl (C=O) groups excluding carboxylic acids is 1. The van der Waals surface area contributed by atoms with Crippen molar-refractivity contribution in [3.8, 4) is 0 Å². The third-order valence-corrected chi connectivity index (χ3v) is 3.30. The van der Waals surface area contributed by atoms with E-state index in [1.807, 2.05) is 6.92 Å². The van der Waals surface area contributed by atoms with Gasteiger partial charge in [-0.2, -0.15) is 0 Å². The van der Waals surface area contributed by atoms with Gasteiger partial charge in [0.25, 0.3) is 5.91 Å². The number of aromatic nitrogens is 1. The Balaban J connectivity index is 2.51. The van der Waals surface area contributed by atoms with Crippen LogP contribution in [0, 0.1) is 0 Å². The molecule has 1 unspecified atom stereocenters. The molecule has 0 aromatic carbocycles. The van der Waals surface area contributed by atoms with E-state index < -0.39 is 16.7 Å². The van der Waals surface area contributed by atoms with Gasteiger partial charge in [0, 0.05) is 40.7 Å². The average molecular weight is 241 g/mol. The van der Waals surface area contributed by atoms with Crippen LogP contribution < -0.4 is 11.1 Å². The van der Waals surface area contributed by atoms with E-state index in [4.69, 9.17) is 5.73 Å². The number of nitrogens with two attached hydrogens (primary N) is 1. The summed E-state index contributed by atoms with van der Waals surface area (Å²) in [6.07, 6.45) is 1.51. The van der Waals surface area contributed by atoms with Crippen LogP contribution >= 0.6 is 0 Å². The molecule has 0 aliphatic rings. The zero-order valence-electron chi connectivity index (χ0n) is 9.10. The topological polar surface area (TPSA) is 85.1 Å². The molecule has 1 aromatic heterocycles. The van der Waals surface area contributed by atoms with Gasteiger partial charge in [0.2, 0.25) is 0 Å². The Bertz CT molecular complexity index is 395. The second kappa shape index (κ2) is 6.22. The van der Waals surface area contributed by atoms with Gasteiger partial charge in [-0.3, -0.25) is 14.0 Å². The molecule has 1 rings (SSSR count). The largest absolute Gasteiger partial charge is 0.384 e. The highest BCUT2D eigenvalue weighted by molar-refractivity contribution is 7.84. The summed E-state index contributed by atoms with van der Waals surface area (Å²) in [7, 11) is -0.785. The molecule has 1 heterocycles. The number of pyridine rings is 1. The van der Waals surface area contributed by atoms with Crippen molar-refractivity contribution < 1.29 is 9.00 Å². The first kappa shape index (κ1) is 12.6. The van der Waals surface area contributed by atoms with E-state index in [9.17, 15) is 9.00 Å². The van der Waals surface area contributed by atoms with Crippen molar-refractivity contribution in [3.63, 3.8) is 0 Å². The number of nitrogens with one attached hydrogen (secondary N) is 1. The zero-order chi connectivity index (χ0) is 12.0. The maximum absolute atomic E-state index is 11.2. The molecule has 0 spiro atoms. The molecule has 1 aromatic rings. The van der Waals surface area contributed by atoms with Crippen LogP contribution in [0.4, 0.5) is 5.69 Å². The van der Waals surface area contributed by atoms with Crippen molar-refractivity contribution in [2.45, 2.75) is 6.92 Å². The minimum atomic E-state index is -0.785. The predicted molar refractivity (Wildman–Crippen MR) is 64.8 cm³/mol. The van der Waals surface area contributed by atoms with E-state index in [1.165, 1.54) is 6.20 Å². The van der Waals surface area contributed by atoms with Gasteiger partial charge >= 0.3 is 0 Å². The lowest BCUT2D eigenvalue weighted by atomic mass is 10.3. The summed E-state index contributed by atoms with van der Waals surface area (Å²) >= 11 is 0. The summed E-state index contributed by atoms with van der Waals surface area (Å²) in [5, 5.41) is 3.06. The average Bonchev–Trinajstić information content (AvgIpc) is 2.29. The van der Waals surface area contributed by atoms with Crippen LogP contribution in [0.25, 0.3) is 0 Å². The molecular weight excluding hydrogens is 226 g/mol. The highest BCUT2D eigenvalue weighted by Gasteiger charge is 2.02. The lowest BCUT2D eigenvalue weighted by molar-refractivity contribution is 0.0995. The van der Waals surface area contributed by atoms with Crippen molar-refractivity contribution >= 4 is 22.4 Å². The summed E-state index contributed by atoms with van der Waals surface area (Å²) in [6.45, 7) is 2.48. The van der Waals surface area contributed by atoms with Gasteiger partial charge in [0.1, 0.15) is 5.69 Å². The Morgan fingerprint density at radius 2 is 2.38 bits per heavy atom. The molecule has 0 saturated heterocycles. The Hall–Kier alpha value is -1.43. The first-order chi connectivity index (χ1) is 7.63. The van der Waals surface area contributed by atoms with E-state index in [1.54, 1.807) is 12.1 Å². The number of hydrogen-bond donors (Lipinski definition) is 2. The van der Waals surface area contributed by atoms with Crippen LogP contribution in [0.2, 0.25) is 0 Å². The minimum Gasteiger partial charge on any atom is -0.384 e. The normalized spacial score (nSPS) is 12.1. The number of anilines is 1. The fourth-order valence-electron chi connectivity index (χ4n) is 1.13. The van der Waals surface area contributed by atoms with Gasteiger partial charge < -0.3 is 11.1 Å². The molecule has 1 amide bonds. The van der Waals surface area contributed by atoms with Crippen LogP contribution in [0.1, 0.15) is 17.4 Å². The predicted octanol–water partition coefficient (Wildman–Crippen LogP) is 0.361. The Labute approximate surface area is 96.9 Å². The molecule has 0 fully saturated rings. The van der Waals surface area contributed by atoms with Gasteiger partial charge in [-0.15, -0.1) is 0 Å². The van der Waals surface area contributed by atoms with Crippen molar-refractivity contribution in [2.75, 3.05) is 23.4 Å². The number of rotatable bonds is 6. The molecule has 1 atom stereocenters. The van der Waals surface area contributed by atoms with Crippen molar-refractivity contribution in [3.05, 3.63) is 24.0 Å². The smallest absolute Gasteiger partial charge is 0.267 e. The zero-order valence-corrected chi connectivity index (χ0v) is 9.92. The number of carbonyl (C=O) groups is 1. The van der Waals surface area contributed by atoms with Gasteiger partial charge in [-0.05, 0) is 12.1 Å². The van der Waals surface area contributed by atoms with Gasteiger partial charge in [-0.25, -0.2) is 0 Å². The number of hydrogen-bond acceptors (Lipinski definition) is 4. The van der Waals surface area contributed by atoms with Gasteiger partial charge in [-0.1, -0.05) is 6.92 Å². The quantitative estimate of drug-likeness (QED) is 0.753. The summed E-state index contributed by atoms with van der Waals surface area (Å²) in [5.74, 6) is 0.690. The highest BCUT2D eigenvalue weighted by atomic mass is 32.2. The summed E-state index contributed by atoms with van der Waals surface area (Å²) in [4.78, 5) is 14.7. The third kappa shape index (κ3) is 3.98. The van der Waals surface area contributed by atoms with Crippen molar-refractivity contribution in [1.29, 1.82) is 0 Å². The van der Waals surface area contributed by atoms with E-state index in [0.29, 0.717) is 18.1 Å². The molecule has 0 aliphatic heterocycles. The first-order valence-electron chi connectivity index (χ1n) is 4.98. The number of amides is 1. The molecule has 16 heavy (non-hydrogen) atoms. The monoisotopic (exact) mass is 241 g/mol. The molecular formula is C10H15N3O2S. The maximum atomic E-state index is 11.2. The Kier molecular flexibility index (Phi) is 4.91. The highest BCUT2D eigenvalue weighted by Crippen LogP contribution is 2.06. The van der Waals surface area contributed by atoms with E-state index in [2.05, 4.69) is 10.3 Å². The molecule has 0 saturated carbocycles. The van der Waals surface area contributed by atoms with E-state index in [0.717, 1.165) is 5.69 Å². The molecule has 0 bridgehead atoms. The lowest BCUT2D eigenvalue weighted by Crippen LogP contribution is -2.15. The van der Waals surface area contributed by atoms with Crippen LogP contribution in [-0.4, -0.2) is 33.2 Å². The SMILES string of the molecule is CCS(=O)CCNc1ccnc(C(N)=O)c1. The number of nitrogens with zero attached hydrogens (tertiary/aromatic N) is 1. The van der Waals surface area contributed by atoms with Crippen LogP contribution in [0.5, 0.6) is 0 Å².